The highest BCUT2D eigenvalue weighted by Crippen LogP contribution is 2.32. The molecule has 2 nitrogen and oxygen atoms in total. The SMILES string of the molecule is COCC(C)(C)c1ccccc1C(C)CC=O. The summed E-state index contributed by atoms with van der Waals surface area (Å²) < 4.78 is 5.29. The Morgan fingerprint density at radius 1 is 1.35 bits per heavy atom. The predicted molar refractivity (Wildman–Crippen MR) is 70.4 cm³/mol. The van der Waals surface area contributed by atoms with Crippen molar-refractivity contribution in [2.24, 2.45) is 0 Å². The van der Waals surface area contributed by atoms with E-state index in [0.29, 0.717) is 13.0 Å². The average molecular weight is 234 g/mol. The highest BCUT2D eigenvalue weighted by Gasteiger charge is 2.24. The van der Waals surface area contributed by atoms with E-state index in [2.05, 4.69) is 32.9 Å². The molecule has 2 heteroatoms. The van der Waals surface area contributed by atoms with Gasteiger partial charge in [0.25, 0.3) is 0 Å². The zero-order valence-corrected chi connectivity index (χ0v) is 11.2. The van der Waals surface area contributed by atoms with Gasteiger partial charge in [-0.05, 0) is 17.0 Å². The van der Waals surface area contributed by atoms with E-state index >= 15 is 0 Å². The zero-order valence-electron chi connectivity index (χ0n) is 11.2. The summed E-state index contributed by atoms with van der Waals surface area (Å²) >= 11 is 0. The van der Waals surface area contributed by atoms with E-state index in [-0.39, 0.29) is 11.3 Å². The smallest absolute Gasteiger partial charge is 0.120 e. The lowest BCUT2D eigenvalue weighted by Crippen LogP contribution is -2.25. The van der Waals surface area contributed by atoms with Crippen LogP contribution in [0.4, 0.5) is 0 Å². The Balaban J connectivity index is 3.10. The van der Waals surface area contributed by atoms with Gasteiger partial charge in [0.05, 0.1) is 6.61 Å². The molecule has 0 saturated carbocycles. The predicted octanol–water partition coefficient (Wildman–Crippen LogP) is 3.30. The van der Waals surface area contributed by atoms with Gasteiger partial charge in [0.15, 0.2) is 0 Å². The molecule has 0 saturated heterocycles. The third kappa shape index (κ3) is 3.40. The molecule has 0 fully saturated rings. The summed E-state index contributed by atoms with van der Waals surface area (Å²) in [5, 5.41) is 0. The monoisotopic (exact) mass is 234 g/mol. The van der Waals surface area contributed by atoms with E-state index < -0.39 is 0 Å². The zero-order chi connectivity index (χ0) is 12.9. The van der Waals surface area contributed by atoms with Gasteiger partial charge in [-0.3, -0.25) is 0 Å². The highest BCUT2D eigenvalue weighted by molar-refractivity contribution is 5.52. The largest absolute Gasteiger partial charge is 0.384 e. The van der Waals surface area contributed by atoms with Crippen LogP contribution in [-0.2, 0) is 14.9 Å². The second kappa shape index (κ2) is 5.97. The summed E-state index contributed by atoms with van der Waals surface area (Å²) in [5.41, 5.74) is 2.50. The van der Waals surface area contributed by atoms with Crippen LogP contribution in [0.2, 0.25) is 0 Å². The van der Waals surface area contributed by atoms with Gasteiger partial charge < -0.3 is 9.53 Å². The van der Waals surface area contributed by atoms with Crippen LogP contribution in [0.1, 0.15) is 44.2 Å². The number of methoxy groups -OCH3 is 1. The minimum atomic E-state index is -0.0253. The number of carbonyl (C=O) groups excluding carboxylic acids is 1. The molecule has 1 atom stereocenters. The second-order valence-electron chi connectivity index (χ2n) is 5.21. The van der Waals surface area contributed by atoms with Crippen LogP contribution in [0.25, 0.3) is 0 Å². The summed E-state index contributed by atoms with van der Waals surface area (Å²) in [6.45, 7) is 7.11. The maximum Gasteiger partial charge on any atom is 0.120 e. The molecule has 94 valence electrons. The molecule has 17 heavy (non-hydrogen) atoms. The lowest BCUT2D eigenvalue weighted by molar-refractivity contribution is -0.108. The fraction of sp³-hybridized carbons (Fsp3) is 0.533. The van der Waals surface area contributed by atoms with E-state index in [1.54, 1.807) is 7.11 Å². The van der Waals surface area contributed by atoms with E-state index in [4.69, 9.17) is 4.74 Å². The first-order valence-electron chi connectivity index (χ1n) is 6.05. The van der Waals surface area contributed by atoms with Gasteiger partial charge in [0, 0.05) is 18.9 Å². The van der Waals surface area contributed by atoms with E-state index in [0.717, 1.165) is 6.29 Å². The Hall–Kier alpha value is -1.15. The van der Waals surface area contributed by atoms with Crippen molar-refractivity contribution in [3.63, 3.8) is 0 Å². The van der Waals surface area contributed by atoms with Crippen molar-refractivity contribution in [3.8, 4) is 0 Å². The summed E-state index contributed by atoms with van der Waals surface area (Å²) in [4.78, 5) is 10.7. The minimum absolute atomic E-state index is 0.0253. The second-order valence-corrected chi connectivity index (χ2v) is 5.21. The van der Waals surface area contributed by atoms with Crippen LogP contribution >= 0.6 is 0 Å². The lowest BCUT2D eigenvalue weighted by atomic mass is 9.79. The average Bonchev–Trinajstić information content (AvgIpc) is 2.29. The molecule has 0 spiro atoms. The molecule has 0 aliphatic carbocycles. The van der Waals surface area contributed by atoms with Gasteiger partial charge in [-0.15, -0.1) is 0 Å². The first-order chi connectivity index (χ1) is 8.03. The van der Waals surface area contributed by atoms with Crippen LogP contribution in [0.3, 0.4) is 0 Å². The van der Waals surface area contributed by atoms with Crippen molar-refractivity contribution in [3.05, 3.63) is 35.4 Å². The fourth-order valence-electron chi connectivity index (χ4n) is 2.25. The van der Waals surface area contributed by atoms with Crippen LogP contribution in [0.5, 0.6) is 0 Å². The molecule has 0 radical (unpaired) electrons. The van der Waals surface area contributed by atoms with Crippen molar-refractivity contribution in [1.29, 1.82) is 0 Å². The maximum atomic E-state index is 10.7. The van der Waals surface area contributed by atoms with E-state index in [1.807, 2.05) is 12.1 Å². The molecule has 0 N–H and O–H groups in total. The van der Waals surface area contributed by atoms with Crippen molar-refractivity contribution in [2.45, 2.75) is 38.5 Å². The van der Waals surface area contributed by atoms with Crippen LogP contribution in [0.15, 0.2) is 24.3 Å². The van der Waals surface area contributed by atoms with Crippen molar-refractivity contribution in [1.82, 2.24) is 0 Å². The molecule has 0 heterocycles. The van der Waals surface area contributed by atoms with Crippen LogP contribution in [-0.4, -0.2) is 20.0 Å². The third-order valence-electron chi connectivity index (χ3n) is 3.18. The molecule has 0 aliphatic heterocycles. The van der Waals surface area contributed by atoms with Gasteiger partial charge in [-0.25, -0.2) is 0 Å². The Labute approximate surface area is 104 Å². The van der Waals surface area contributed by atoms with Crippen molar-refractivity contribution < 1.29 is 9.53 Å². The standard InChI is InChI=1S/C15H22O2/c1-12(9-10-16)13-7-5-6-8-14(13)15(2,3)11-17-4/h5-8,10,12H,9,11H2,1-4H3. The third-order valence-corrected chi connectivity index (χ3v) is 3.18. The molecule has 0 aliphatic rings. The number of hydrogen-bond donors (Lipinski definition) is 0. The van der Waals surface area contributed by atoms with Gasteiger partial charge >= 0.3 is 0 Å². The van der Waals surface area contributed by atoms with E-state index in [9.17, 15) is 4.79 Å². The molecular formula is C15H22O2. The first kappa shape index (κ1) is 13.9. The van der Waals surface area contributed by atoms with Crippen LogP contribution < -0.4 is 0 Å². The summed E-state index contributed by atoms with van der Waals surface area (Å²) in [5.74, 6) is 0.264. The normalized spacial score (nSPS) is 13.4. The van der Waals surface area contributed by atoms with Gasteiger partial charge in [-0.2, -0.15) is 0 Å². The number of hydrogen-bond acceptors (Lipinski definition) is 2. The quantitative estimate of drug-likeness (QED) is 0.706. The molecule has 0 bridgehead atoms. The Bertz CT molecular complexity index is 369. The van der Waals surface area contributed by atoms with Crippen molar-refractivity contribution in [2.75, 3.05) is 13.7 Å². The molecular weight excluding hydrogens is 212 g/mol. The Morgan fingerprint density at radius 3 is 2.59 bits per heavy atom. The topological polar surface area (TPSA) is 26.3 Å². The molecule has 1 aromatic rings. The highest BCUT2D eigenvalue weighted by atomic mass is 16.5. The first-order valence-corrected chi connectivity index (χ1v) is 6.05. The molecule has 0 aromatic heterocycles. The Kier molecular flexibility index (Phi) is 4.88. The van der Waals surface area contributed by atoms with Crippen LogP contribution in [0, 0.1) is 0 Å². The molecule has 1 aromatic carbocycles. The van der Waals surface area contributed by atoms with Gasteiger partial charge in [0.2, 0.25) is 0 Å². The van der Waals surface area contributed by atoms with Gasteiger partial charge in [-0.1, -0.05) is 45.0 Å². The molecule has 1 unspecified atom stereocenters. The number of ether oxygens (including phenoxy) is 1. The molecule has 0 amide bonds. The van der Waals surface area contributed by atoms with E-state index in [1.165, 1.54) is 11.1 Å². The number of rotatable bonds is 6. The maximum absolute atomic E-state index is 10.7. The summed E-state index contributed by atoms with van der Waals surface area (Å²) in [6, 6.07) is 8.32. The number of aldehydes is 1. The minimum Gasteiger partial charge on any atom is -0.384 e. The lowest BCUT2D eigenvalue weighted by Gasteiger charge is -2.28. The number of benzene rings is 1. The van der Waals surface area contributed by atoms with Gasteiger partial charge in [0.1, 0.15) is 6.29 Å². The Morgan fingerprint density at radius 2 is 2.00 bits per heavy atom. The van der Waals surface area contributed by atoms with Crippen molar-refractivity contribution >= 4 is 6.29 Å². The molecule has 1 rings (SSSR count). The summed E-state index contributed by atoms with van der Waals surface area (Å²) in [6.07, 6.45) is 1.56. The summed E-state index contributed by atoms with van der Waals surface area (Å²) in [7, 11) is 1.72. The fourth-order valence-corrected chi connectivity index (χ4v) is 2.25. The number of carbonyl (C=O) groups is 1.